The van der Waals surface area contributed by atoms with Crippen LogP contribution in [0.5, 0.6) is 0 Å². The summed E-state index contributed by atoms with van der Waals surface area (Å²) in [5.74, 6) is 0. The van der Waals surface area contributed by atoms with E-state index in [0.29, 0.717) is 6.61 Å². The van der Waals surface area contributed by atoms with Gasteiger partial charge in [-0.1, -0.05) is 0 Å². The van der Waals surface area contributed by atoms with Crippen LogP contribution in [0.4, 0.5) is 0 Å². The molecule has 10 heteroatoms. The van der Waals surface area contributed by atoms with Gasteiger partial charge in [0.25, 0.3) is 9.28 Å². The van der Waals surface area contributed by atoms with Crippen molar-refractivity contribution in [3.8, 4) is 0 Å². The van der Waals surface area contributed by atoms with Crippen molar-refractivity contribution in [2.45, 2.75) is 70.9 Å². The van der Waals surface area contributed by atoms with E-state index in [1.165, 1.54) is 0 Å². The minimum Gasteiger partial charge on any atom is -0.439 e. The van der Waals surface area contributed by atoms with Crippen molar-refractivity contribution in [1.82, 2.24) is 0 Å². The van der Waals surface area contributed by atoms with Crippen LogP contribution in [0.25, 0.3) is 0 Å². The second kappa shape index (κ2) is 10.7. The van der Waals surface area contributed by atoms with Crippen molar-refractivity contribution in [3.63, 3.8) is 0 Å². The summed E-state index contributed by atoms with van der Waals surface area (Å²) in [4.78, 5) is 0. The van der Waals surface area contributed by atoms with E-state index in [2.05, 4.69) is 52.4 Å². The van der Waals surface area contributed by atoms with Crippen molar-refractivity contribution >= 4 is 34.5 Å². The Morgan fingerprint density at radius 3 is 2.00 bits per heavy atom. The summed E-state index contributed by atoms with van der Waals surface area (Å²) in [5.41, 5.74) is 0. The average Bonchev–Trinajstić information content (AvgIpc) is 2.32. The van der Waals surface area contributed by atoms with Crippen molar-refractivity contribution in [1.29, 1.82) is 0 Å². The minimum atomic E-state index is -2.30. The summed E-state index contributed by atoms with van der Waals surface area (Å²) < 4.78 is 24.4. The fourth-order valence-corrected chi connectivity index (χ4v) is 17.3. The second-order valence-electron chi connectivity index (χ2n) is 8.28. The molecule has 0 aromatic carbocycles. The molecule has 0 aromatic rings. The molecule has 0 fully saturated rings. The van der Waals surface area contributed by atoms with Crippen molar-refractivity contribution in [2.24, 2.45) is 0 Å². The van der Waals surface area contributed by atoms with Gasteiger partial charge in [0.15, 0.2) is 16.6 Å². The molecule has 2 N–H and O–H groups in total. The quantitative estimate of drug-likeness (QED) is 0.356. The zero-order valence-electron chi connectivity index (χ0n) is 16.7. The number of rotatable bonds is 13. The molecule has 0 saturated carbocycles. The maximum atomic E-state index is 9.28. The van der Waals surface area contributed by atoms with Crippen molar-refractivity contribution < 1.29 is 27.3 Å². The van der Waals surface area contributed by atoms with Crippen LogP contribution in [0.2, 0.25) is 58.4 Å². The first-order valence-electron chi connectivity index (χ1n) is 8.69. The van der Waals surface area contributed by atoms with Crippen LogP contribution in [0.3, 0.4) is 0 Å². The highest BCUT2D eigenvalue weighted by Crippen LogP contribution is 2.23. The number of aliphatic hydroxyl groups is 2. The van der Waals surface area contributed by atoms with Crippen molar-refractivity contribution in [2.75, 3.05) is 19.8 Å². The maximum absolute atomic E-state index is 9.28. The van der Waals surface area contributed by atoms with E-state index in [-0.39, 0.29) is 13.2 Å². The Labute approximate surface area is 152 Å². The Morgan fingerprint density at radius 2 is 1.54 bits per heavy atom. The van der Waals surface area contributed by atoms with Crippen LogP contribution in [0, 0.1) is 0 Å². The molecule has 0 spiro atoms. The maximum Gasteiger partial charge on any atom is 0.315 e. The van der Waals surface area contributed by atoms with Crippen LogP contribution in [-0.4, -0.2) is 70.6 Å². The van der Waals surface area contributed by atoms with Gasteiger partial charge in [0.2, 0.25) is 0 Å². The predicted molar refractivity (Wildman–Crippen MR) is 108 cm³/mol. The Morgan fingerprint density at radius 1 is 0.958 bits per heavy atom. The van der Waals surface area contributed by atoms with E-state index in [1.54, 1.807) is 0 Å². The molecular weight excluding hydrogens is 376 g/mol. The highest BCUT2D eigenvalue weighted by Gasteiger charge is 2.38. The van der Waals surface area contributed by atoms with E-state index in [9.17, 15) is 5.11 Å². The van der Waals surface area contributed by atoms with Crippen LogP contribution >= 0.6 is 0 Å². The molecule has 24 heavy (non-hydrogen) atoms. The molecule has 0 radical (unpaired) electrons. The highest BCUT2D eigenvalue weighted by molar-refractivity contribution is 6.85. The molecule has 0 saturated heterocycles. The Bertz CT molecular complexity index is 347. The molecule has 3 atom stereocenters. The first-order chi connectivity index (χ1) is 10.8. The summed E-state index contributed by atoms with van der Waals surface area (Å²) in [6.07, 6.45) is 0.0139. The summed E-state index contributed by atoms with van der Waals surface area (Å²) in [6, 6.07) is 0.846. The number of aliphatic hydroxyl groups excluding tert-OH is 2. The number of hydrogen-bond donors (Lipinski definition) is 2. The van der Waals surface area contributed by atoms with Gasteiger partial charge in [0, 0.05) is 6.61 Å². The molecule has 3 unspecified atom stereocenters. The third kappa shape index (κ3) is 13.9. The Kier molecular flexibility index (Phi) is 11.0. The first kappa shape index (κ1) is 24.6. The molecule has 6 nitrogen and oxygen atoms in total. The van der Waals surface area contributed by atoms with Gasteiger partial charge in [-0.2, -0.15) is 0 Å². The molecule has 0 amide bonds. The molecular formula is C14H38O6Si4. The molecule has 0 aliphatic heterocycles. The third-order valence-corrected chi connectivity index (χ3v) is 15.8. The normalized spacial score (nSPS) is 18.2. The van der Waals surface area contributed by atoms with Crippen LogP contribution in [-0.2, 0) is 17.1 Å². The van der Waals surface area contributed by atoms with Gasteiger partial charge in [-0.3, -0.25) is 0 Å². The standard InChI is InChI=1S/C14H38O6Si4/c1-21(18-22(2,3)4)19-24(8,20-23(5,6)7)11-9-10-17-13-14(16)12-15/h14-16,21H,9-13H2,1-8H3. The lowest BCUT2D eigenvalue weighted by atomic mass is 10.4. The van der Waals surface area contributed by atoms with Crippen LogP contribution in [0.15, 0.2) is 0 Å². The molecule has 0 bridgehead atoms. The zero-order chi connectivity index (χ0) is 19.0. The van der Waals surface area contributed by atoms with E-state index < -0.39 is 40.6 Å². The largest absolute Gasteiger partial charge is 0.439 e. The minimum absolute atomic E-state index is 0.161. The second-order valence-corrected chi connectivity index (χ2v) is 23.3. The summed E-state index contributed by atoms with van der Waals surface area (Å²) in [7, 11) is -7.33. The van der Waals surface area contributed by atoms with Gasteiger partial charge in [-0.05, 0) is 64.8 Å². The highest BCUT2D eigenvalue weighted by atomic mass is 28.5. The smallest absolute Gasteiger partial charge is 0.315 e. The molecule has 0 heterocycles. The Balaban J connectivity index is 4.55. The first-order valence-corrected chi connectivity index (χ1v) is 20.1. The van der Waals surface area contributed by atoms with Crippen LogP contribution in [0.1, 0.15) is 6.42 Å². The molecule has 146 valence electrons. The fourth-order valence-electron chi connectivity index (χ4n) is 2.42. The van der Waals surface area contributed by atoms with Gasteiger partial charge >= 0.3 is 8.56 Å². The summed E-state index contributed by atoms with van der Waals surface area (Å²) in [6.45, 7) is 17.7. The lowest BCUT2D eigenvalue weighted by molar-refractivity contribution is 0.00624. The number of ether oxygens (including phenoxy) is 1. The lowest BCUT2D eigenvalue weighted by Gasteiger charge is -2.37. The van der Waals surface area contributed by atoms with E-state index in [4.69, 9.17) is 22.2 Å². The van der Waals surface area contributed by atoms with Crippen LogP contribution < -0.4 is 0 Å². The van der Waals surface area contributed by atoms with Gasteiger partial charge in [-0.15, -0.1) is 0 Å². The van der Waals surface area contributed by atoms with Crippen molar-refractivity contribution in [3.05, 3.63) is 0 Å². The number of hydrogen-bond acceptors (Lipinski definition) is 6. The average molecular weight is 415 g/mol. The molecule has 0 aromatic heterocycles. The summed E-state index contributed by atoms with van der Waals surface area (Å²) >= 11 is 0. The van der Waals surface area contributed by atoms with Gasteiger partial charge in [0.05, 0.1) is 13.2 Å². The topological polar surface area (TPSA) is 77.4 Å². The Hall–Kier alpha value is 0.628. The van der Waals surface area contributed by atoms with Gasteiger partial charge < -0.3 is 27.3 Å². The molecule has 0 rings (SSSR count). The van der Waals surface area contributed by atoms with E-state index in [1.807, 2.05) is 0 Å². The summed E-state index contributed by atoms with van der Waals surface area (Å²) in [5, 5.41) is 18.1. The zero-order valence-corrected chi connectivity index (χ0v) is 20.9. The monoisotopic (exact) mass is 414 g/mol. The molecule has 0 aliphatic carbocycles. The van der Waals surface area contributed by atoms with E-state index in [0.717, 1.165) is 12.5 Å². The SMILES string of the molecule is C[SiH](O[Si](C)(C)C)O[Si](C)(CCCOCC(O)CO)O[Si](C)(C)C. The lowest BCUT2D eigenvalue weighted by Crippen LogP contribution is -2.51. The third-order valence-electron chi connectivity index (χ3n) is 2.90. The predicted octanol–water partition coefficient (Wildman–Crippen LogP) is 2.39. The van der Waals surface area contributed by atoms with Gasteiger partial charge in [0.1, 0.15) is 6.10 Å². The fraction of sp³-hybridized carbons (Fsp3) is 1.00. The van der Waals surface area contributed by atoms with E-state index >= 15 is 0 Å². The van der Waals surface area contributed by atoms with Gasteiger partial charge in [-0.25, -0.2) is 0 Å². The molecule has 0 aliphatic rings.